The Morgan fingerprint density at radius 1 is 1.24 bits per heavy atom. The van der Waals surface area contributed by atoms with Crippen LogP contribution in [0.5, 0.6) is 5.75 Å². The smallest absolute Gasteiger partial charge is 0.325 e. The molecule has 2 spiro atoms. The Balaban J connectivity index is 1.91. The van der Waals surface area contributed by atoms with Gasteiger partial charge in [0.25, 0.3) is 5.91 Å². The topological polar surface area (TPSA) is 89.9 Å². The molecule has 25 heavy (non-hydrogen) atoms. The first-order valence-electron chi connectivity index (χ1n) is 8.97. The van der Waals surface area contributed by atoms with Crippen LogP contribution in [0.15, 0.2) is 18.2 Å². The van der Waals surface area contributed by atoms with Gasteiger partial charge in [0.05, 0.1) is 6.10 Å². The van der Waals surface area contributed by atoms with Crippen LogP contribution in [0.1, 0.15) is 50.7 Å². The van der Waals surface area contributed by atoms with E-state index in [0.29, 0.717) is 37.7 Å². The van der Waals surface area contributed by atoms with Gasteiger partial charge in [-0.25, -0.2) is 4.79 Å². The van der Waals surface area contributed by atoms with Gasteiger partial charge in [0.2, 0.25) is 0 Å². The molecule has 1 aromatic carbocycles. The summed E-state index contributed by atoms with van der Waals surface area (Å²) in [5.74, 6) is -0.135. The number of phenols is 1. The zero-order chi connectivity index (χ0) is 18.0. The van der Waals surface area contributed by atoms with Crippen molar-refractivity contribution in [1.29, 1.82) is 0 Å². The number of aliphatic hydroxyl groups excluding tert-OH is 1. The second kappa shape index (κ2) is 5.21. The standard InChI is InChI=1S/C19H24N2O4/c1-11(2)21-16(24)19(20-17(21)25)15-9-14(23)4-3-12(15)10-18(19)7-5-13(22)6-8-18/h3-4,9,11,13,22-23H,5-8,10H2,1-2H3,(H,20,25). The number of carbonyl (C=O) groups is 2. The lowest BCUT2D eigenvalue weighted by atomic mass is 9.61. The normalized spacial score (nSPS) is 34.2. The molecule has 0 bridgehead atoms. The number of hydrogen-bond acceptors (Lipinski definition) is 4. The summed E-state index contributed by atoms with van der Waals surface area (Å²) in [6, 6.07) is 4.49. The number of urea groups is 1. The van der Waals surface area contributed by atoms with Gasteiger partial charge in [-0.2, -0.15) is 0 Å². The maximum atomic E-state index is 13.5. The molecule has 1 atom stereocenters. The first-order valence-corrected chi connectivity index (χ1v) is 8.97. The van der Waals surface area contributed by atoms with Crippen LogP contribution in [0, 0.1) is 5.41 Å². The summed E-state index contributed by atoms with van der Waals surface area (Å²) in [6.07, 6.45) is 2.89. The number of aliphatic hydroxyl groups is 1. The average Bonchev–Trinajstić information content (AvgIpc) is 2.97. The number of phenolic OH excluding ortho intramolecular Hbond substituents is 1. The Bertz CT molecular complexity index is 752. The number of nitrogens with one attached hydrogen (secondary N) is 1. The van der Waals surface area contributed by atoms with E-state index in [4.69, 9.17) is 0 Å². The first-order chi connectivity index (χ1) is 11.8. The molecule has 3 amide bonds. The molecule has 3 aliphatic rings. The van der Waals surface area contributed by atoms with Gasteiger partial charge in [0.1, 0.15) is 5.75 Å². The zero-order valence-electron chi connectivity index (χ0n) is 14.6. The molecule has 0 aromatic heterocycles. The van der Waals surface area contributed by atoms with E-state index in [1.54, 1.807) is 12.1 Å². The number of carbonyl (C=O) groups excluding carboxylic acids is 2. The minimum absolute atomic E-state index is 0.0936. The first kappa shape index (κ1) is 16.4. The van der Waals surface area contributed by atoms with Gasteiger partial charge >= 0.3 is 6.03 Å². The van der Waals surface area contributed by atoms with Crippen molar-refractivity contribution in [2.24, 2.45) is 5.41 Å². The molecule has 6 heteroatoms. The minimum atomic E-state index is -1.14. The molecule has 0 radical (unpaired) electrons. The van der Waals surface area contributed by atoms with Crippen LogP contribution in [0.2, 0.25) is 0 Å². The largest absolute Gasteiger partial charge is 0.508 e. The van der Waals surface area contributed by atoms with Crippen LogP contribution in [0.4, 0.5) is 4.79 Å². The molecule has 2 aliphatic carbocycles. The van der Waals surface area contributed by atoms with Crippen molar-refractivity contribution in [3.05, 3.63) is 29.3 Å². The number of imide groups is 1. The van der Waals surface area contributed by atoms with Crippen molar-refractivity contribution >= 4 is 11.9 Å². The van der Waals surface area contributed by atoms with E-state index in [1.165, 1.54) is 4.90 Å². The lowest BCUT2D eigenvalue weighted by Crippen LogP contribution is -2.57. The van der Waals surface area contributed by atoms with E-state index in [1.807, 2.05) is 19.9 Å². The Morgan fingerprint density at radius 2 is 1.92 bits per heavy atom. The third kappa shape index (κ3) is 2.00. The van der Waals surface area contributed by atoms with Crippen molar-refractivity contribution in [2.45, 2.75) is 63.6 Å². The molecule has 3 N–H and O–H groups in total. The summed E-state index contributed by atoms with van der Waals surface area (Å²) in [6.45, 7) is 3.65. The summed E-state index contributed by atoms with van der Waals surface area (Å²) in [5, 5.41) is 23.0. The Labute approximate surface area is 146 Å². The molecule has 2 fully saturated rings. The summed E-state index contributed by atoms with van der Waals surface area (Å²) in [7, 11) is 0. The summed E-state index contributed by atoms with van der Waals surface area (Å²) >= 11 is 0. The quantitative estimate of drug-likeness (QED) is 0.680. The van der Waals surface area contributed by atoms with E-state index in [9.17, 15) is 19.8 Å². The molecule has 134 valence electrons. The molecule has 1 heterocycles. The van der Waals surface area contributed by atoms with Crippen LogP contribution < -0.4 is 5.32 Å². The van der Waals surface area contributed by atoms with Crippen molar-refractivity contribution in [2.75, 3.05) is 0 Å². The molecule has 6 nitrogen and oxygen atoms in total. The monoisotopic (exact) mass is 344 g/mol. The Kier molecular flexibility index (Phi) is 3.41. The van der Waals surface area contributed by atoms with Gasteiger partial charge in [-0.15, -0.1) is 0 Å². The van der Waals surface area contributed by atoms with Crippen molar-refractivity contribution < 1.29 is 19.8 Å². The highest BCUT2D eigenvalue weighted by atomic mass is 16.3. The van der Waals surface area contributed by atoms with Crippen LogP contribution in [-0.4, -0.2) is 39.2 Å². The number of rotatable bonds is 1. The molecule has 4 rings (SSSR count). The number of hydrogen-bond donors (Lipinski definition) is 3. The molecule has 1 saturated heterocycles. The third-order valence-electron chi connectivity index (χ3n) is 6.30. The van der Waals surface area contributed by atoms with Gasteiger partial charge in [-0.1, -0.05) is 6.07 Å². The predicted octanol–water partition coefficient (Wildman–Crippen LogP) is 2.03. The predicted molar refractivity (Wildman–Crippen MR) is 90.9 cm³/mol. The van der Waals surface area contributed by atoms with Crippen molar-refractivity contribution in [1.82, 2.24) is 10.2 Å². The maximum Gasteiger partial charge on any atom is 0.325 e. The van der Waals surface area contributed by atoms with E-state index < -0.39 is 11.0 Å². The van der Waals surface area contributed by atoms with Crippen LogP contribution >= 0.6 is 0 Å². The summed E-state index contributed by atoms with van der Waals surface area (Å²) in [4.78, 5) is 27.5. The fourth-order valence-electron chi connectivity index (χ4n) is 5.12. The average molecular weight is 344 g/mol. The van der Waals surface area contributed by atoms with Crippen LogP contribution in [0.25, 0.3) is 0 Å². The highest BCUT2D eigenvalue weighted by Crippen LogP contribution is 2.60. The fourth-order valence-corrected chi connectivity index (χ4v) is 5.12. The molecule has 1 aromatic rings. The van der Waals surface area contributed by atoms with Gasteiger partial charge in [-0.3, -0.25) is 9.69 Å². The number of benzene rings is 1. The minimum Gasteiger partial charge on any atom is -0.508 e. The Hall–Kier alpha value is -2.08. The fraction of sp³-hybridized carbons (Fsp3) is 0.579. The van der Waals surface area contributed by atoms with E-state index in [0.717, 1.165) is 5.56 Å². The van der Waals surface area contributed by atoms with E-state index in [-0.39, 0.29) is 29.8 Å². The number of fused-ring (bicyclic) bond motifs is 3. The van der Waals surface area contributed by atoms with E-state index >= 15 is 0 Å². The highest BCUT2D eigenvalue weighted by molar-refractivity contribution is 6.09. The number of nitrogens with zero attached hydrogens (tertiary/aromatic N) is 1. The van der Waals surface area contributed by atoms with Crippen molar-refractivity contribution in [3.8, 4) is 5.75 Å². The van der Waals surface area contributed by atoms with E-state index in [2.05, 4.69) is 5.32 Å². The molecule has 1 aliphatic heterocycles. The lowest BCUT2D eigenvalue weighted by Gasteiger charge is -2.45. The van der Waals surface area contributed by atoms with Crippen LogP contribution in [-0.2, 0) is 16.8 Å². The third-order valence-corrected chi connectivity index (χ3v) is 6.30. The molecular weight excluding hydrogens is 320 g/mol. The van der Waals surface area contributed by atoms with Gasteiger partial charge in [-0.05, 0) is 69.2 Å². The summed E-state index contributed by atoms with van der Waals surface area (Å²) < 4.78 is 0. The summed E-state index contributed by atoms with van der Waals surface area (Å²) in [5.41, 5.74) is 0.125. The van der Waals surface area contributed by atoms with Crippen molar-refractivity contribution in [3.63, 3.8) is 0 Å². The van der Waals surface area contributed by atoms with Gasteiger partial charge in [0.15, 0.2) is 5.54 Å². The molecule has 1 saturated carbocycles. The second-order valence-electron chi connectivity index (χ2n) is 7.98. The van der Waals surface area contributed by atoms with Crippen LogP contribution in [0.3, 0.4) is 0 Å². The zero-order valence-corrected chi connectivity index (χ0v) is 14.6. The lowest BCUT2D eigenvalue weighted by molar-refractivity contribution is -0.139. The number of aromatic hydroxyl groups is 1. The highest BCUT2D eigenvalue weighted by Gasteiger charge is 2.68. The maximum absolute atomic E-state index is 13.5. The Morgan fingerprint density at radius 3 is 2.52 bits per heavy atom. The van der Waals surface area contributed by atoms with Gasteiger partial charge in [0, 0.05) is 11.5 Å². The number of amides is 3. The molecular formula is C19H24N2O4. The molecule has 1 unspecified atom stereocenters. The SMILES string of the molecule is CC(C)N1C(=O)NC2(C1=O)c1cc(O)ccc1CC21CCC(O)CC1. The van der Waals surface area contributed by atoms with Gasteiger partial charge < -0.3 is 15.5 Å². The second-order valence-corrected chi connectivity index (χ2v) is 7.98.